The van der Waals surface area contributed by atoms with Crippen LogP contribution in [-0.2, 0) is 4.74 Å². The molecule has 3 rings (SSSR count). The molecule has 10 nitrogen and oxygen atoms in total. The van der Waals surface area contributed by atoms with E-state index in [1.165, 1.54) is 4.68 Å². The first-order valence-corrected chi connectivity index (χ1v) is 6.99. The highest BCUT2D eigenvalue weighted by Gasteiger charge is 2.39. The van der Waals surface area contributed by atoms with Crippen molar-refractivity contribution in [1.29, 1.82) is 0 Å². The third-order valence-corrected chi connectivity index (χ3v) is 3.67. The van der Waals surface area contributed by atoms with E-state index in [0.717, 1.165) is 0 Å². The molecule has 0 amide bonds. The molecule has 6 N–H and O–H groups in total. The Bertz CT molecular complexity index is 822. The van der Waals surface area contributed by atoms with Gasteiger partial charge in [-0.2, -0.15) is 4.68 Å². The topological polar surface area (TPSA) is 142 Å². The summed E-state index contributed by atoms with van der Waals surface area (Å²) in [5.74, 6) is 2.37. The smallest absolute Gasteiger partial charge is 0.316 e. The largest absolute Gasteiger partial charge is 0.394 e. The zero-order chi connectivity index (χ0) is 16.6. The quantitative estimate of drug-likeness (QED) is 0.307. The van der Waals surface area contributed by atoms with E-state index in [2.05, 4.69) is 21.3 Å². The fourth-order valence-electron chi connectivity index (χ4n) is 2.62. The van der Waals surface area contributed by atoms with Crippen LogP contribution in [0.1, 0.15) is 12.6 Å². The Morgan fingerprint density at radius 3 is 3.13 bits per heavy atom. The number of anilines is 1. The van der Waals surface area contributed by atoms with E-state index in [-0.39, 0.29) is 36.7 Å². The summed E-state index contributed by atoms with van der Waals surface area (Å²) in [5, 5.41) is 19.1. The molecular formula is C13H17N6O4+. The molecule has 23 heavy (non-hydrogen) atoms. The second-order valence-electron chi connectivity index (χ2n) is 5.17. The number of aromatic amines is 1. The number of hydrogen-bond donors (Lipinski definition) is 5. The van der Waals surface area contributed by atoms with Gasteiger partial charge in [0.25, 0.3) is 17.0 Å². The average Bonchev–Trinajstić information content (AvgIpc) is 3.05. The Morgan fingerprint density at radius 1 is 1.70 bits per heavy atom. The lowest BCUT2D eigenvalue weighted by Crippen LogP contribution is -2.40. The van der Waals surface area contributed by atoms with Gasteiger partial charge in [0.15, 0.2) is 6.23 Å². The van der Waals surface area contributed by atoms with Crippen LogP contribution in [0.4, 0.5) is 5.95 Å². The first kappa shape index (κ1) is 15.3. The van der Waals surface area contributed by atoms with Crippen molar-refractivity contribution in [3.63, 3.8) is 0 Å². The Morgan fingerprint density at radius 2 is 2.48 bits per heavy atom. The van der Waals surface area contributed by atoms with Gasteiger partial charge in [0, 0.05) is 6.42 Å². The Hall–Kier alpha value is -2.61. The number of fused-ring (bicyclic) bond motifs is 1. The molecule has 3 atom stereocenters. The molecule has 0 spiro atoms. The second kappa shape index (κ2) is 5.88. The molecule has 3 heterocycles. The number of nitrogens with zero attached hydrogens (tertiary/aromatic N) is 3. The standard InChI is InChI=1S/C13H16N6O4/c1-2-3-15-19-6-18(9-4-7(21)8(5-20)23-9)11-10(19)12(22)17-13(14)16-11/h1,6-9,15,20-21H,3-5H2,(H2-,14,16,17,22)/p+1/t7-,8+,9+/m0/s1. The lowest BCUT2D eigenvalue weighted by Gasteiger charge is -2.10. The van der Waals surface area contributed by atoms with Gasteiger partial charge in [-0.05, 0) is 0 Å². The maximum Gasteiger partial charge on any atom is 0.316 e. The highest BCUT2D eigenvalue weighted by Crippen LogP contribution is 2.25. The highest BCUT2D eigenvalue weighted by molar-refractivity contribution is 5.67. The molecule has 1 saturated heterocycles. The van der Waals surface area contributed by atoms with Gasteiger partial charge in [-0.15, -0.1) is 6.42 Å². The van der Waals surface area contributed by atoms with Crippen LogP contribution in [0.25, 0.3) is 11.2 Å². The molecule has 2 aromatic heterocycles. The third kappa shape index (κ3) is 2.61. The van der Waals surface area contributed by atoms with E-state index in [4.69, 9.17) is 16.9 Å². The number of nitrogen functional groups attached to an aromatic ring is 1. The highest BCUT2D eigenvalue weighted by atomic mass is 16.5. The zero-order valence-electron chi connectivity index (χ0n) is 12.1. The SMILES string of the molecule is C#CCNn1c[n+]([C@H]2C[C@H](O)[C@@H](CO)O2)c2nc(N)[nH]c(=O)c21. The minimum Gasteiger partial charge on any atom is -0.394 e. The third-order valence-electron chi connectivity index (χ3n) is 3.67. The van der Waals surface area contributed by atoms with Crippen LogP contribution in [-0.4, -0.2) is 50.2 Å². The molecular weight excluding hydrogens is 304 g/mol. The van der Waals surface area contributed by atoms with Crippen LogP contribution < -0.4 is 21.3 Å². The van der Waals surface area contributed by atoms with E-state index >= 15 is 0 Å². The predicted molar refractivity (Wildman–Crippen MR) is 79.6 cm³/mol. The minimum absolute atomic E-state index is 0.0387. The molecule has 10 heteroatoms. The number of H-pyrrole nitrogens is 1. The molecule has 1 aliphatic rings. The van der Waals surface area contributed by atoms with Crippen LogP contribution in [0.5, 0.6) is 0 Å². The fraction of sp³-hybridized carbons (Fsp3) is 0.462. The summed E-state index contributed by atoms with van der Waals surface area (Å²) in [6.07, 6.45) is 4.94. The molecule has 2 aromatic rings. The van der Waals surface area contributed by atoms with Crippen LogP contribution in [0.3, 0.4) is 0 Å². The number of aliphatic hydroxyl groups excluding tert-OH is 2. The number of rotatable bonds is 4. The summed E-state index contributed by atoms with van der Waals surface area (Å²) >= 11 is 0. The number of nitrogens with one attached hydrogen (secondary N) is 2. The van der Waals surface area contributed by atoms with Crippen molar-refractivity contribution in [2.45, 2.75) is 24.9 Å². The first-order chi connectivity index (χ1) is 11.0. The molecule has 0 unspecified atom stereocenters. The molecule has 122 valence electrons. The van der Waals surface area contributed by atoms with Crippen molar-refractivity contribution in [2.24, 2.45) is 0 Å². The normalized spacial score (nSPS) is 24.0. The van der Waals surface area contributed by atoms with Crippen molar-refractivity contribution < 1.29 is 19.5 Å². The Kier molecular flexibility index (Phi) is 3.91. The van der Waals surface area contributed by atoms with Crippen molar-refractivity contribution in [3.8, 4) is 12.3 Å². The summed E-state index contributed by atoms with van der Waals surface area (Å²) in [7, 11) is 0. The van der Waals surface area contributed by atoms with Crippen LogP contribution >= 0.6 is 0 Å². The number of imidazole rings is 1. The fourth-order valence-corrected chi connectivity index (χ4v) is 2.62. The van der Waals surface area contributed by atoms with Crippen LogP contribution in [0, 0.1) is 12.3 Å². The minimum atomic E-state index is -0.811. The molecule has 0 aliphatic carbocycles. The Balaban J connectivity index is 2.10. The Labute approximate surface area is 130 Å². The molecule has 0 bridgehead atoms. The number of aromatic nitrogens is 4. The lowest BCUT2D eigenvalue weighted by atomic mass is 10.2. The maximum atomic E-state index is 12.2. The van der Waals surface area contributed by atoms with Crippen molar-refractivity contribution in [2.75, 3.05) is 24.3 Å². The van der Waals surface area contributed by atoms with E-state index in [1.54, 1.807) is 10.9 Å². The molecule has 0 aromatic carbocycles. The van der Waals surface area contributed by atoms with Gasteiger partial charge in [-0.3, -0.25) is 15.2 Å². The van der Waals surface area contributed by atoms with Crippen LogP contribution in [0.15, 0.2) is 11.1 Å². The van der Waals surface area contributed by atoms with Gasteiger partial charge in [0.1, 0.15) is 12.6 Å². The van der Waals surface area contributed by atoms with Gasteiger partial charge in [0.05, 0.1) is 12.7 Å². The molecule has 1 aliphatic heterocycles. The number of aliphatic hydroxyl groups is 2. The van der Waals surface area contributed by atoms with E-state index < -0.39 is 24.0 Å². The van der Waals surface area contributed by atoms with Gasteiger partial charge < -0.3 is 20.7 Å². The second-order valence-corrected chi connectivity index (χ2v) is 5.17. The molecule has 0 saturated carbocycles. The number of ether oxygens (including phenoxy) is 1. The van der Waals surface area contributed by atoms with Crippen molar-refractivity contribution in [3.05, 3.63) is 16.7 Å². The van der Waals surface area contributed by atoms with Crippen LogP contribution in [0.2, 0.25) is 0 Å². The summed E-state index contributed by atoms with van der Waals surface area (Å²) in [6, 6.07) is 0. The summed E-state index contributed by atoms with van der Waals surface area (Å²) in [5.41, 5.74) is 8.55. The predicted octanol–water partition coefficient (Wildman–Crippen LogP) is -2.59. The van der Waals surface area contributed by atoms with Gasteiger partial charge in [-0.1, -0.05) is 10.9 Å². The summed E-state index contributed by atoms with van der Waals surface area (Å²) in [4.78, 5) is 18.7. The first-order valence-electron chi connectivity index (χ1n) is 6.99. The lowest BCUT2D eigenvalue weighted by molar-refractivity contribution is -0.739. The number of hydrogen-bond acceptors (Lipinski definition) is 7. The van der Waals surface area contributed by atoms with E-state index in [0.29, 0.717) is 0 Å². The van der Waals surface area contributed by atoms with Gasteiger partial charge in [0.2, 0.25) is 6.33 Å². The number of terminal acetylenes is 1. The van der Waals surface area contributed by atoms with E-state index in [1.807, 2.05) is 0 Å². The zero-order valence-corrected chi connectivity index (χ0v) is 12.1. The van der Waals surface area contributed by atoms with Gasteiger partial charge in [-0.25, -0.2) is 4.57 Å². The number of nitrogens with two attached hydrogens (primary N) is 1. The summed E-state index contributed by atoms with van der Waals surface area (Å²) < 4.78 is 8.61. The monoisotopic (exact) mass is 321 g/mol. The van der Waals surface area contributed by atoms with Gasteiger partial charge >= 0.3 is 5.65 Å². The average molecular weight is 321 g/mol. The molecule has 1 fully saturated rings. The van der Waals surface area contributed by atoms with Crippen molar-refractivity contribution >= 4 is 17.1 Å². The van der Waals surface area contributed by atoms with E-state index in [9.17, 15) is 15.0 Å². The summed E-state index contributed by atoms with van der Waals surface area (Å²) in [6.45, 7) is -0.108. The van der Waals surface area contributed by atoms with Crippen molar-refractivity contribution in [1.82, 2.24) is 14.6 Å². The maximum absolute atomic E-state index is 12.2. The molecule has 0 radical (unpaired) electrons.